The van der Waals surface area contributed by atoms with Crippen molar-refractivity contribution >= 4 is 16.9 Å². The van der Waals surface area contributed by atoms with E-state index in [0.717, 1.165) is 56.0 Å². The molecule has 2 aromatic rings. The summed E-state index contributed by atoms with van der Waals surface area (Å²) in [6, 6.07) is 5.64. The summed E-state index contributed by atoms with van der Waals surface area (Å²) in [5, 5.41) is 3.95. The van der Waals surface area contributed by atoms with Gasteiger partial charge in [0.15, 0.2) is 5.76 Å². The zero-order valence-electron chi connectivity index (χ0n) is 15.1. The molecular formula is C19H26N2O4. The first-order valence-electron chi connectivity index (χ1n) is 8.76. The number of furan rings is 1. The van der Waals surface area contributed by atoms with E-state index in [0.29, 0.717) is 11.3 Å². The molecule has 1 fully saturated rings. The van der Waals surface area contributed by atoms with Crippen molar-refractivity contribution in [3.63, 3.8) is 0 Å². The number of carbonyl (C=O) groups excluding carboxylic acids is 1. The fourth-order valence-electron chi connectivity index (χ4n) is 3.11. The van der Waals surface area contributed by atoms with Crippen LogP contribution in [0.25, 0.3) is 11.0 Å². The molecule has 6 nitrogen and oxygen atoms in total. The molecule has 1 aliphatic rings. The smallest absolute Gasteiger partial charge is 0.287 e. The highest BCUT2D eigenvalue weighted by Gasteiger charge is 2.20. The number of hydrogen-bond acceptors (Lipinski definition) is 5. The largest absolute Gasteiger partial charge is 0.497 e. The van der Waals surface area contributed by atoms with Gasteiger partial charge in [-0.1, -0.05) is 0 Å². The number of hydrogen-bond donors (Lipinski definition) is 1. The van der Waals surface area contributed by atoms with Crippen LogP contribution < -0.4 is 10.1 Å². The van der Waals surface area contributed by atoms with Gasteiger partial charge in [-0.25, -0.2) is 0 Å². The van der Waals surface area contributed by atoms with E-state index in [1.165, 1.54) is 0 Å². The minimum atomic E-state index is -0.165. The average Bonchev–Trinajstić information content (AvgIpc) is 2.97. The molecule has 1 aliphatic heterocycles. The number of ether oxygens (including phenoxy) is 2. The number of fused-ring (bicyclic) bond motifs is 1. The molecule has 0 saturated carbocycles. The highest BCUT2D eigenvalue weighted by Crippen LogP contribution is 2.28. The summed E-state index contributed by atoms with van der Waals surface area (Å²) in [5.41, 5.74) is 1.54. The maximum Gasteiger partial charge on any atom is 0.287 e. The van der Waals surface area contributed by atoms with Gasteiger partial charge in [0.2, 0.25) is 0 Å². The van der Waals surface area contributed by atoms with Crippen LogP contribution in [0.3, 0.4) is 0 Å². The summed E-state index contributed by atoms with van der Waals surface area (Å²) in [6.07, 6.45) is 0.902. The normalized spacial score (nSPS) is 16.8. The van der Waals surface area contributed by atoms with E-state index in [1.54, 1.807) is 7.11 Å². The molecule has 0 unspecified atom stereocenters. The maximum absolute atomic E-state index is 12.6. The van der Waals surface area contributed by atoms with Crippen LogP contribution in [0.1, 0.15) is 29.5 Å². The van der Waals surface area contributed by atoms with Crippen molar-refractivity contribution in [1.29, 1.82) is 0 Å². The Bertz CT molecular complexity index is 734. The number of benzene rings is 1. The second-order valence-electron chi connectivity index (χ2n) is 6.54. The molecule has 1 amide bonds. The lowest BCUT2D eigenvalue weighted by Crippen LogP contribution is -2.40. The number of nitrogens with zero attached hydrogens (tertiary/aromatic N) is 1. The zero-order chi connectivity index (χ0) is 17.8. The first-order valence-corrected chi connectivity index (χ1v) is 8.76. The van der Waals surface area contributed by atoms with Crippen molar-refractivity contribution in [2.45, 2.75) is 26.3 Å². The summed E-state index contributed by atoms with van der Waals surface area (Å²) in [7, 11) is 1.63. The molecule has 0 aliphatic carbocycles. The lowest BCUT2D eigenvalue weighted by atomic mass is 10.1. The fourth-order valence-corrected chi connectivity index (χ4v) is 3.11. The van der Waals surface area contributed by atoms with E-state index < -0.39 is 0 Å². The number of amides is 1. The lowest BCUT2D eigenvalue weighted by molar-refractivity contribution is 0.0362. The van der Waals surface area contributed by atoms with E-state index in [4.69, 9.17) is 13.9 Å². The van der Waals surface area contributed by atoms with Crippen molar-refractivity contribution in [3.05, 3.63) is 29.5 Å². The Morgan fingerprint density at radius 2 is 2.12 bits per heavy atom. The third-order valence-electron chi connectivity index (χ3n) is 4.71. The first kappa shape index (κ1) is 17.8. The van der Waals surface area contributed by atoms with Gasteiger partial charge in [0.1, 0.15) is 11.3 Å². The van der Waals surface area contributed by atoms with Crippen molar-refractivity contribution in [2.24, 2.45) is 0 Å². The van der Waals surface area contributed by atoms with E-state index in [9.17, 15) is 4.79 Å². The van der Waals surface area contributed by atoms with E-state index in [-0.39, 0.29) is 11.9 Å². The van der Waals surface area contributed by atoms with Gasteiger partial charge in [0.05, 0.1) is 20.3 Å². The molecule has 1 saturated heterocycles. The maximum atomic E-state index is 12.6. The summed E-state index contributed by atoms with van der Waals surface area (Å²) < 4.78 is 16.4. The SMILES string of the molecule is COc1ccc2oc(C(=O)N[C@H](C)CCN3CCOCC3)c(C)c2c1. The van der Waals surface area contributed by atoms with Crippen LogP contribution in [-0.4, -0.2) is 56.8 Å². The number of morpholine rings is 1. The van der Waals surface area contributed by atoms with Gasteiger partial charge in [-0.2, -0.15) is 0 Å². The highest BCUT2D eigenvalue weighted by molar-refractivity contribution is 5.99. The Balaban J connectivity index is 1.62. The van der Waals surface area contributed by atoms with Crippen LogP contribution in [0.15, 0.2) is 22.6 Å². The Morgan fingerprint density at radius 1 is 1.36 bits per heavy atom. The van der Waals surface area contributed by atoms with Crippen LogP contribution >= 0.6 is 0 Å². The van der Waals surface area contributed by atoms with Gasteiger partial charge >= 0.3 is 0 Å². The van der Waals surface area contributed by atoms with Crippen LogP contribution in [-0.2, 0) is 4.74 Å². The second-order valence-corrected chi connectivity index (χ2v) is 6.54. The highest BCUT2D eigenvalue weighted by atomic mass is 16.5. The minimum Gasteiger partial charge on any atom is -0.497 e. The van der Waals surface area contributed by atoms with E-state index in [2.05, 4.69) is 10.2 Å². The minimum absolute atomic E-state index is 0.0810. The van der Waals surface area contributed by atoms with Gasteiger partial charge in [-0.05, 0) is 38.5 Å². The third-order valence-corrected chi connectivity index (χ3v) is 4.71. The van der Waals surface area contributed by atoms with Gasteiger partial charge in [0, 0.05) is 36.6 Å². The Hall–Kier alpha value is -2.05. The van der Waals surface area contributed by atoms with Gasteiger partial charge < -0.3 is 19.2 Å². The Labute approximate surface area is 148 Å². The van der Waals surface area contributed by atoms with Crippen molar-refractivity contribution in [3.8, 4) is 5.75 Å². The summed E-state index contributed by atoms with van der Waals surface area (Å²) in [5.74, 6) is 0.964. The van der Waals surface area contributed by atoms with Crippen LogP contribution in [0.5, 0.6) is 5.75 Å². The topological polar surface area (TPSA) is 63.9 Å². The number of rotatable bonds is 6. The molecular weight excluding hydrogens is 320 g/mol. The number of carbonyl (C=O) groups is 1. The predicted octanol–water partition coefficient (Wildman–Crippen LogP) is 2.59. The van der Waals surface area contributed by atoms with E-state index in [1.807, 2.05) is 32.0 Å². The molecule has 1 N–H and O–H groups in total. The fraction of sp³-hybridized carbons (Fsp3) is 0.526. The molecule has 25 heavy (non-hydrogen) atoms. The molecule has 136 valence electrons. The quantitative estimate of drug-likeness (QED) is 0.871. The standard InChI is InChI=1S/C19H26N2O4/c1-13(6-7-21-8-10-24-11-9-21)20-19(22)18-14(2)16-12-15(23-3)4-5-17(16)25-18/h4-5,12-13H,6-11H2,1-3H3,(H,20,22)/t13-/m1/s1. The number of aryl methyl sites for hydroxylation is 1. The second kappa shape index (κ2) is 7.89. The van der Waals surface area contributed by atoms with Gasteiger partial charge in [-0.15, -0.1) is 0 Å². The monoisotopic (exact) mass is 346 g/mol. The molecule has 0 radical (unpaired) electrons. The summed E-state index contributed by atoms with van der Waals surface area (Å²) in [4.78, 5) is 14.9. The van der Waals surface area contributed by atoms with Crippen molar-refractivity contribution in [1.82, 2.24) is 10.2 Å². The molecule has 3 rings (SSSR count). The van der Waals surface area contributed by atoms with Crippen LogP contribution in [0.2, 0.25) is 0 Å². The number of nitrogens with one attached hydrogen (secondary N) is 1. The Kier molecular flexibility index (Phi) is 5.60. The van der Waals surface area contributed by atoms with Gasteiger partial charge in [-0.3, -0.25) is 9.69 Å². The van der Waals surface area contributed by atoms with Crippen molar-refractivity contribution in [2.75, 3.05) is 40.0 Å². The van der Waals surface area contributed by atoms with Crippen LogP contribution in [0.4, 0.5) is 0 Å². The van der Waals surface area contributed by atoms with Crippen molar-refractivity contribution < 1.29 is 18.7 Å². The molecule has 1 aromatic heterocycles. The summed E-state index contributed by atoms with van der Waals surface area (Å²) >= 11 is 0. The number of methoxy groups -OCH3 is 1. The molecule has 0 bridgehead atoms. The van der Waals surface area contributed by atoms with Crippen LogP contribution in [0, 0.1) is 6.92 Å². The first-order chi connectivity index (χ1) is 12.1. The predicted molar refractivity (Wildman–Crippen MR) is 96.3 cm³/mol. The molecule has 6 heteroatoms. The van der Waals surface area contributed by atoms with Gasteiger partial charge in [0.25, 0.3) is 5.91 Å². The molecule has 2 heterocycles. The molecule has 0 spiro atoms. The van der Waals surface area contributed by atoms with E-state index >= 15 is 0 Å². The lowest BCUT2D eigenvalue weighted by Gasteiger charge is -2.27. The zero-order valence-corrected chi connectivity index (χ0v) is 15.1. The molecule has 1 atom stereocenters. The molecule has 1 aromatic carbocycles. The Morgan fingerprint density at radius 3 is 2.84 bits per heavy atom. The average molecular weight is 346 g/mol. The third kappa shape index (κ3) is 4.14. The summed E-state index contributed by atoms with van der Waals surface area (Å²) in [6.45, 7) is 8.40.